The maximum atomic E-state index is 11.4. The topological polar surface area (TPSA) is 217 Å². The molecule has 12 nitrogen and oxygen atoms in total. The molecule has 23 heavy (non-hydrogen) atoms. The highest BCUT2D eigenvalue weighted by molar-refractivity contribution is 8.20. The second-order valence-corrected chi connectivity index (χ2v) is 10.8. The molecule has 0 atom stereocenters. The molecule has 132 valence electrons. The molecule has 0 aromatic heterocycles. The highest BCUT2D eigenvalue weighted by Gasteiger charge is 2.68. The SMILES string of the molecule is O=S(=O)(O)c1ccccc1C(S(=O)(=O)O)(S(=O)(=O)O)S(=O)(=O)O. The van der Waals surface area contributed by atoms with E-state index in [9.17, 15) is 33.7 Å². The molecule has 0 bridgehead atoms. The monoisotopic (exact) mass is 412 g/mol. The molecule has 0 fully saturated rings. The smallest absolute Gasteiger partial charge is 0.283 e. The van der Waals surface area contributed by atoms with Gasteiger partial charge in [-0.1, -0.05) is 18.2 Å². The van der Waals surface area contributed by atoms with E-state index in [1.165, 1.54) is 0 Å². The van der Waals surface area contributed by atoms with Crippen LogP contribution in [0.4, 0.5) is 0 Å². The summed E-state index contributed by atoms with van der Waals surface area (Å²) < 4.78 is 122. The van der Waals surface area contributed by atoms with Gasteiger partial charge in [0.2, 0.25) is 0 Å². The predicted molar refractivity (Wildman–Crippen MR) is 72.6 cm³/mol. The molecule has 1 rings (SSSR count). The third-order valence-electron chi connectivity index (χ3n) is 2.51. The number of benzene rings is 1. The fourth-order valence-corrected chi connectivity index (χ4v) is 7.27. The lowest BCUT2D eigenvalue weighted by Gasteiger charge is -2.25. The van der Waals surface area contributed by atoms with Gasteiger partial charge in [0.1, 0.15) is 4.90 Å². The fourth-order valence-electron chi connectivity index (χ4n) is 1.76. The predicted octanol–water partition coefficient (Wildman–Crippen LogP) is -1.29. The van der Waals surface area contributed by atoms with Gasteiger partial charge in [-0.15, -0.1) is 0 Å². The van der Waals surface area contributed by atoms with Crippen LogP contribution in [0.15, 0.2) is 29.2 Å². The van der Waals surface area contributed by atoms with Crippen LogP contribution in [-0.2, 0) is 43.9 Å². The molecule has 0 unspecified atom stereocenters. The first-order valence-corrected chi connectivity index (χ1v) is 10.7. The molecule has 0 aliphatic carbocycles. The average Bonchev–Trinajstić information content (AvgIpc) is 2.22. The van der Waals surface area contributed by atoms with Crippen LogP contribution < -0.4 is 0 Å². The minimum absolute atomic E-state index is 0.235. The van der Waals surface area contributed by atoms with Crippen molar-refractivity contribution < 1.29 is 51.9 Å². The quantitative estimate of drug-likeness (QED) is 0.415. The van der Waals surface area contributed by atoms with Gasteiger partial charge in [-0.05, 0) is 6.07 Å². The molecule has 0 amide bonds. The first kappa shape index (κ1) is 19.9. The van der Waals surface area contributed by atoms with Crippen LogP contribution in [0, 0.1) is 0 Å². The van der Waals surface area contributed by atoms with Crippen LogP contribution in [0.25, 0.3) is 0 Å². The molecule has 0 aliphatic heterocycles. The van der Waals surface area contributed by atoms with Crippen molar-refractivity contribution in [1.29, 1.82) is 0 Å². The van der Waals surface area contributed by atoms with Crippen molar-refractivity contribution in [1.82, 2.24) is 0 Å². The molecule has 0 heterocycles. The van der Waals surface area contributed by atoms with Gasteiger partial charge in [-0.3, -0.25) is 18.2 Å². The third-order valence-corrected chi connectivity index (χ3v) is 9.91. The molecule has 0 saturated heterocycles. The van der Waals surface area contributed by atoms with E-state index in [4.69, 9.17) is 18.2 Å². The van der Waals surface area contributed by atoms with Crippen molar-refractivity contribution in [3.63, 3.8) is 0 Å². The molecule has 1 aromatic rings. The van der Waals surface area contributed by atoms with Gasteiger partial charge in [-0.2, -0.15) is 33.7 Å². The summed E-state index contributed by atoms with van der Waals surface area (Å²) in [4.78, 5) is -1.60. The molecular formula is C7H8O12S4. The Bertz CT molecular complexity index is 965. The van der Waals surface area contributed by atoms with E-state index in [2.05, 4.69) is 0 Å². The Morgan fingerprint density at radius 3 is 1.30 bits per heavy atom. The lowest BCUT2D eigenvalue weighted by Crippen LogP contribution is -2.50. The first-order valence-electron chi connectivity index (χ1n) is 4.96. The normalized spacial score (nSPS) is 14.6. The van der Waals surface area contributed by atoms with Crippen LogP contribution in [0.3, 0.4) is 0 Å². The second-order valence-electron chi connectivity index (χ2n) is 3.95. The summed E-state index contributed by atoms with van der Waals surface area (Å²) in [6.45, 7) is 0. The van der Waals surface area contributed by atoms with Crippen molar-refractivity contribution in [2.45, 2.75) is 8.31 Å². The summed E-state index contributed by atoms with van der Waals surface area (Å²) in [6.07, 6.45) is 0. The minimum atomic E-state index is -6.43. The van der Waals surface area contributed by atoms with Crippen molar-refractivity contribution in [3.8, 4) is 0 Å². The minimum Gasteiger partial charge on any atom is -0.283 e. The molecule has 0 radical (unpaired) electrons. The van der Waals surface area contributed by atoms with Crippen molar-refractivity contribution in [2.75, 3.05) is 0 Å². The van der Waals surface area contributed by atoms with E-state index in [0.29, 0.717) is 6.07 Å². The second kappa shape index (κ2) is 5.45. The highest BCUT2D eigenvalue weighted by Crippen LogP contribution is 2.42. The van der Waals surface area contributed by atoms with E-state index in [-0.39, 0.29) is 6.07 Å². The Morgan fingerprint density at radius 2 is 1.00 bits per heavy atom. The zero-order chi connectivity index (χ0) is 18.5. The van der Waals surface area contributed by atoms with Crippen molar-refractivity contribution in [2.24, 2.45) is 0 Å². The van der Waals surface area contributed by atoms with Crippen LogP contribution in [0.5, 0.6) is 0 Å². The van der Waals surface area contributed by atoms with Crippen LogP contribution in [-0.4, -0.2) is 51.9 Å². The Morgan fingerprint density at radius 1 is 0.652 bits per heavy atom. The third kappa shape index (κ3) is 3.11. The van der Waals surface area contributed by atoms with E-state index < -0.39 is 54.3 Å². The van der Waals surface area contributed by atoms with Crippen molar-refractivity contribution in [3.05, 3.63) is 29.8 Å². The number of rotatable bonds is 5. The van der Waals surface area contributed by atoms with E-state index >= 15 is 0 Å². The molecule has 16 heteroatoms. The van der Waals surface area contributed by atoms with Gasteiger partial charge >= 0.3 is 33.8 Å². The Hall–Kier alpha value is -1.14. The Balaban J connectivity index is 4.41. The Kier molecular flexibility index (Phi) is 4.72. The molecule has 0 aliphatic rings. The molecule has 4 N–H and O–H groups in total. The summed E-state index contributed by atoms with van der Waals surface area (Å²) in [6, 6.07) is 2.16. The highest BCUT2D eigenvalue weighted by atomic mass is 32.3. The maximum Gasteiger partial charge on any atom is 0.371 e. The lowest BCUT2D eigenvalue weighted by molar-refractivity contribution is 0.424. The van der Waals surface area contributed by atoms with Crippen molar-refractivity contribution >= 4 is 40.5 Å². The molecule has 1 aromatic carbocycles. The largest absolute Gasteiger partial charge is 0.371 e. The first-order chi connectivity index (χ1) is 9.98. The standard InChI is InChI=1S/C7H8O12S4/c8-20(9,10)6-4-2-1-3-5(6)7(21(11,12)13,22(14,15)16)23(17,18)19/h1-4H,(H,8,9,10)(H,11,12,13)(H,14,15,16)(H,17,18,19). The summed E-state index contributed by atoms with van der Waals surface area (Å²) in [5, 5.41) is 0. The molecule has 0 spiro atoms. The maximum absolute atomic E-state index is 11.4. The van der Waals surface area contributed by atoms with Crippen LogP contribution in [0.2, 0.25) is 0 Å². The summed E-state index contributed by atoms with van der Waals surface area (Å²) >= 11 is 0. The lowest BCUT2D eigenvalue weighted by atomic mass is 10.2. The fraction of sp³-hybridized carbons (Fsp3) is 0.143. The van der Waals surface area contributed by atoms with Gasteiger partial charge in [0.25, 0.3) is 10.1 Å². The van der Waals surface area contributed by atoms with Crippen LogP contribution >= 0.6 is 0 Å². The van der Waals surface area contributed by atoms with Gasteiger partial charge in [0, 0.05) is 5.56 Å². The zero-order valence-electron chi connectivity index (χ0n) is 10.5. The number of hydrogen-bond acceptors (Lipinski definition) is 8. The van der Waals surface area contributed by atoms with E-state index in [0.717, 1.165) is 12.1 Å². The van der Waals surface area contributed by atoms with Crippen LogP contribution in [0.1, 0.15) is 5.56 Å². The zero-order valence-corrected chi connectivity index (χ0v) is 13.8. The van der Waals surface area contributed by atoms with E-state index in [1.54, 1.807) is 0 Å². The van der Waals surface area contributed by atoms with Gasteiger partial charge < -0.3 is 0 Å². The number of hydrogen-bond donors (Lipinski definition) is 4. The molecule has 0 saturated carbocycles. The van der Waals surface area contributed by atoms with Gasteiger partial charge in [-0.25, -0.2) is 0 Å². The van der Waals surface area contributed by atoms with E-state index in [1.807, 2.05) is 0 Å². The van der Waals surface area contributed by atoms with Gasteiger partial charge in [0.15, 0.2) is 0 Å². The average molecular weight is 412 g/mol. The summed E-state index contributed by atoms with van der Waals surface area (Å²) in [5.74, 6) is 0. The molecular weight excluding hydrogens is 404 g/mol. The summed E-state index contributed by atoms with van der Waals surface area (Å²) in [5.41, 5.74) is -1.82. The Labute approximate surface area is 130 Å². The summed E-state index contributed by atoms with van der Waals surface area (Å²) in [7, 11) is -24.7. The van der Waals surface area contributed by atoms with Gasteiger partial charge in [0.05, 0.1) is 0 Å².